The molecule has 2 aliphatic rings. The van der Waals surface area contributed by atoms with Crippen molar-refractivity contribution >= 4 is 28.4 Å². The van der Waals surface area contributed by atoms with Gasteiger partial charge in [0.15, 0.2) is 5.69 Å². The monoisotopic (exact) mass is 410 g/mol. The van der Waals surface area contributed by atoms with Crippen LogP contribution < -0.4 is 5.73 Å². The molecule has 5 rings (SSSR count). The Kier molecular flexibility index (Phi) is 4.78. The number of nitrogens with zero attached hydrogens (tertiary/aromatic N) is 3. The summed E-state index contributed by atoms with van der Waals surface area (Å²) in [6.45, 7) is 2.31. The van der Waals surface area contributed by atoms with Crippen LogP contribution in [0.2, 0.25) is 5.02 Å². The van der Waals surface area contributed by atoms with E-state index in [2.05, 4.69) is 22.1 Å². The van der Waals surface area contributed by atoms with Gasteiger partial charge in [0.1, 0.15) is 0 Å². The number of amides is 1. The van der Waals surface area contributed by atoms with Crippen LogP contribution in [0.15, 0.2) is 48.5 Å². The van der Waals surface area contributed by atoms with Crippen molar-refractivity contribution in [1.82, 2.24) is 14.7 Å². The molecule has 3 heterocycles. The normalized spacial score (nSPS) is 24.7. The molecular formula is C22H23ClN4O2. The van der Waals surface area contributed by atoms with Gasteiger partial charge in [0.25, 0.3) is 5.91 Å². The predicted octanol–water partition coefficient (Wildman–Crippen LogP) is 3.39. The minimum Gasteiger partial charge on any atom is -0.378 e. The molecule has 0 radical (unpaired) electrons. The SMILES string of the molecule is NC(=O)c1nn(C2CC3COCC(C2)N3Cc2ccc(Cl)cc2)c2ccccc12. The minimum absolute atomic E-state index is 0.216. The fourth-order valence-electron chi connectivity index (χ4n) is 4.77. The Balaban J connectivity index is 1.43. The molecule has 1 amide bonds. The van der Waals surface area contributed by atoms with Gasteiger partial charge in [-0.2, -0.15) is 5.10 Å². The van der Waals surface area contributed by atoms with Crippen molar-refractivity contribution in [1.29, 1.82) is 0 Å². The van der Waals surface area contributed by atoms with Crippen molar-refractivity contribution in [3.63, 3.8) is 0 Å². The molecule has 2 unspecified atom stereocenters. The van der Waals surface area contributed by atoms with Crippen molar-refractivity contribution in [3.05, 3.63) is 64.8 Å². The number of primary amides is 1. The van der Waals surface area contributed by atoms with Gasteiger partial charge in [-0.1, -0.05) is 41.9 Å². The first-order chi connectivity index (χ1) is 14.1. The smallest absolute Gasteiger partial charge is 0.269 e. The number of halogens is 1. The van der Waals surface area contributed by atoms with Gasteiger partial charge in [-0.05, 0) is 36.6 Å². The van der Waals surface area contributed by atoms with Crippen LogP contribution in [0.1, 0.15) is 34.9 Å². The first-order valence-electron chi connectivity index (χ1n) is 9.95. The van der Waals surface area contributed by atoms with E-state index in [1.54, 1.807) is 0 Å². The van der Waals surface area contributed by atoms with Crippen LogP contribution in [0.5, 0.6) is 0 Å². The molecule has 2 atom stereocenters. The summed E-state index contributed by atoms with van der Waals surface area (Å²) in [6, 6.07) is 16.7. The van der Waals surface area contributed by atoms with Crippen molar-refractivity contribution in [3.8, 4) is 0 Å². The van der Waals surface area contributed by atoms with E-state index in [1.807, 2.05) is 41.1 Å². The van der Waals surface area contributed by atoms with Gasteiger partial charge >= 0.3 is 0 Å². The Hall–Kier alpha value is -2.41. The molecule has 2 fully saturated rings. The van der Waals surface area contributed by atoms with E-state index in [4.69, 9.17) is 22.1 Å². The average Bonchev–Trinajstić information content (AvgIpc) is 3.09. The number of carbonyl (C=O) groups is 1. The van der Waals surface area contributed by atoms with Gasteiger partial charge in [-0.3, -0.25) is 14.4 Å². The standard InChI is InChI=1S/C22H23ClN4O2/c23-15-7-5-14(6-8-15)11-26-17-9-16(10-18(26)13-29-12-17)27-20-4-2-1-3-19(20)21(25-27)22(24)28/h1-8,16-18H,9-13H2,(H2,24,28). The molecule has 0 saturated carbocycles. The summed E-state index contributed by atoms with van der Waals surface area (Å²) >= 11 is 6.03. The van der Waals surface area contributed by atoms with E-state index in [1.165, 1.54) is 5.56 Å². The van der Waals surface area contributed by atoms with Crippen molar-refractivity contribution < 1.29 is 9.53 Å². The molecule has 2 N–H and O–H groups in total. The van der Waals surface area contributed by atoms with E-state index in [0.717, 1.165) is 35.3 Å². The van der Waals surface area contributed by atoms with Crippen LogP contribution in [0.3, 0.4) is 0 Å². The van der Waals surface area contributed by atoms with Gasteiger partial charge in [-0.15, -0.1) is 0 Å². The summed E-state index contributed by atoms with van der Waals surface area (Å²) < 4.78 is 7.89. The molecule has 150 valence electrons. The highest BCUT2D eigenvalue weighted by atomic mass is 35.5. The number of hydrogen-bond acceptors (Lipinski definition) is 4. The maximum Gasteiger partial charge on any atom is 0.269 e. The molecule has 2 saturated heterocycles. The van der Waals surface area contributed by atoms with Gasteiger partial charge in [0, 0.05) is 29.0 Å². The van der Waals surface area contributed by atoms with E-state index < -0.39 is 5.91 Å². The van der Waals surface area contributed by atoms with E-state index in [0.29, 0.717) is 31.0 Å². The quantitative estimate of drug-likeness (QED) is 0.715. The summed E-state index contributed by atoms with van der Waals surface area (Å²) in [5.41, 5.74) is 8.16. The van der Waals surface area contributed by atoms with Crippen molar-refractivity contribution in [2.45, 2.75) is 37.5 Å². The van der Waals surface area contributed by atoms with Crippen LogP contribution in [-0.4, -0.2) is 45.9 Å². The average molecular weight is 411 g/mol. The van der Waals surface area contributed by atoms with Crippen molar-refractivity contribution in [2.24, 2.45) is 5.73 Å². The summed E-state index contributed by atoms with van der Waals surface area (Å²) in [7, 11) is 0. The maximum absolute atomic E-state index is 11.9. The number of rotatable bonds is 4. The fourth-order valence-corrected chi connectivity index (χ4v) is 4.89. The molecule has 7 heteroatoms. The van der Waals surface area contributed by atoms with Gasteiger partial charge in [0.2, 0.25) is 0 Å². The molecule has 2 bridgehead atoms. The van der Waals surface area contributed by atoms with Gasteiger partial charge < -0.3 is 10.5 Å². The first-order valence-corrected chi connectivity index (χ1v) is 10.3. The highest BCUT2D eigenvalue weighted by molar-refractivity contribution is 6.30. The van der Waals surface area contributed by atoms with Crippen LogP contribution in [0.4, 0.5) is 0 Å². The summed E-state index contributed by atoms with van der Waals surface area (Å²) in [5, 5.41) is 6.21. The van der Waals surface area contributed by atoms with E-state index in [-0.39, 0.29) is 6.04 Å². The lowest BCUT2D eigenvalue weighted by atomic mass is 9.89. The van der Waals surface area contributed by atoms with Crippen LogP contribution in [-0.2, 0) is 11.3 Å². The third-order valence-electron chi connectivity index (χ3n) is 6.12. The number of nitrogens with two attached hydrogens (primary N) is 1. The highest BCUT2D eigenvalue weighted by Gasteiger charge is 2.40. The third-order valence-corrected chi connectivity index (χ3v) is 6.37. The first kappa shape index (κ1) is 18.6. The topological polar surface area (TPSA) is 73.4 Å². The predicted molar refractivity (Wildman–Crippen MR) is 112 cm³/mol. The lowest BCUT2D eigenvalue weighted by Gasteiger charge is -2.48. The second-order valence-corrected chi connectivity index (χ2v) is 8.38. The van der Waals surface area contributed by atoms with Gasteiger partial charge in [-0.25, -0.2) is 0 Å². The maximum atomic E-state index is 11.9. The molecule has 6 nitrogen and oxygen atoms in total. The number of aromatic nitrogens is 2. The zero-order chi connectivity index (χ0) is 20.0. The van der Waals surface area contributed by atoms with Crippen LogP contribution in [0, 0.1) is 0 Å². The fraction of sp³-hybridized carbons (Fsp3) is 0.364. The molecular weight excluding hydrogens is 388 g/mol. The van der Waals surface area contributed by atoms with Gasteiger partial charge in [0.05, 0.1) is 24.8 Å². The molecule has 0 spiro atoms. The minimum atomic E-state index is -0.483. The van der Waals surface area contributed by atoms with Crippen LogP contribution >= 0.6 is 11.6 Å². The molecule has 0 aliphatic carbocycles. The Bertz CT molecular complexity index is 1030. The number of benzene rings is 2. The summed E-state index contributed by atoms with van der Waals surface area (Å²) in [4.78, 5) is 14.4. The molecule has 2 aromatic carbocycles. The number of para-hydroxylation sites is 1. The number of morpholine rings is 1. The number of piperidine rings is 1. The Morgan fingerprint density at radius 2 is 1.76 bits per heavy atom. The highest BCUT2D eigenvalue weighted by Crippen LogP contribution is 2.37. The Morgan fingerprint density at radius 1 is 1.07 bits per heavy atom. The second-order valence-electron chi connectivity index (χ2n) is 7.94. The number of fused-ring (bicyclic) bond motifs is 3. The summed E-state index contributed by atoms with van der Waals surface area (Å²) in [5.74, 6) is -0.483. The lowest BCUT2D eigenvalue weighted by Crippen LogP contribution is -2.56. The Morgan fingerprint density at radius 3 is 2.45 bits per heavy atom. The molecule has 1 aromatic heterocycles. The zero-order valence-electron chi connectivity index (χ0n) is 16.0. The van der Waals surface area contributed by atoms with E-state index in [9.17, 15) is 4.79 Å². The Labute approximate surface area is 174 Å². The number of carbonyl (C=O) groups excluding carboxylic acids is 1. The lowest BCUT2D eigenvalue weighted by molar-refractivity contribution is -0.0902. The summed E-state index contributed by atoms with van der Waals surface area (Å²) in [6.07, 6.45) is 1.85. The molecule has 3 aromatic rings. The van der Waals surface area contributed by atoms with Crippen molar-refractivity contribution in [2.75, 3.05) is 13.2 Å². The number of hydrogen-bond donors (Lipinski definition) is 1. The third kappa shape index (κ3) is 3.41. The molecule has 2 aliphatic heterocycles. The van der Waals surface area contributed by atoms with E-state index >= 15 is 0 Å². The zero-order valence-corrected chi connectivity index (χ0v) is 16.8. The largest absolute Gasteiger partial charge is 0.378 e. The van der Waals surface area contributed by atoms with Crippen LogP contribution in [0.25, 0.3) is 10.9 Å². The number of ether oxygens (including phenoxy) is 1. The second kappa shape index (κ2) is 7.44. The molecule has 29 heavy (non-hydrogen) atoms.